The summed E-state index contributed by atoms with van der Waals surface area (Å²) in [6, 6.07) is 17.1. The first-order valence-corrected chi connectivity index (χ1v) is 8.66. The highest BCUT2D eigenvalue weighted by Gasteiger charge is 2.32. The zero-order valence-electron chi connectivity index (χ0n) is 14.0. The van der Waals surface area contributed by atoms with Gasteiger partial charge in [0, 0.05) is 12.5 Å². The molecule has 3 aromatic rings. The molecule has 0 bridgehead atoms. The molecule has 0 saturated carbocycles. The van der Waals surface area contributed by atoms with E-state index < -0.39 is 6.04 Å². The first kappa shape index (κ1) is 15.8. The summed E-state index contributed by atoms with van der Waals surface area (Å²) in [7, 11) is 0. The number of nitrogens with two attached hydrogens (primary N) is 1. The smallest absolute Gasteiger partial charge is 0.239 e. The maximum absolute atomic E-state index is 12.1. The van der Waals surface area contributed by atoms with Crippen molar-refractivity contribution in [2.45, 2.75) is 24.8 Å². The fourth-order valence-corrected chi connectivity index (χ4v) is 3.70. The number of hydrogen-bond donors (Lipinski definition) is 1. The van der Waals surface area contributed by atoms with Gasteiger partial charge in [-0.1, -0.05) is 42.5 Å². The third-order valence-corrected chi connectivity index (χ3v) is 4.86. The van der Waals surface area contributed by atoms with Crippen molar-refractivity contribution >= 4 is 17.0 Å². The van der Waals surface area contributed by atoms with Crippen LogP contribution in [0.1, 0.15) is 36.3 Å². The van der Waals surface area contributed by atoms with Gasteiger partial charge in [-0.3, -0.25) is 9.69 Å². The molecule has 2 heterocycles. The van der Waals surface area contributed by atoms with Gasteiger partial charge in [0.25, 0.3) is 0 Å². The number of nitrogens with zero attached hydrogens (tertiary/aromatic N) is 2. The van der Waals surface area contributed by atoms with E-state index in [0.29, 0.717) is 0 Å². The predicted molar refractivity (Wildman–Crippen MR) is 95.9 cm³/mol. The standard InChI is InChI=1S/C20H21N3O2/c21-19(24)18(14-7-2-1-3-8-14)23-12-6-9-15(13-23)20-22-16-10-4-5-11-17(16)25-20/h1-5,7-8,10-11,15,18H,6,9,12-13H2,(H2,21,24)/t15-,18+/m1/s1. The molecular formula is C20H21N3O2. The van der Waals surface area contributed by atoms with Crippen LogP contribution in [0.25, 0.3) is 11.1 Å². The molecular weight excluding hydrogens is 314 g/mol. The number of primary amides is 1. The van der Waals surface area contributed by atoms with Crippen LogP contribution in [0.5, 0.6) is 0 Å². The molecule has 1 aromatic heterocycles. The highest BCUT2D eigenvalue weighted by atomic mass is 16.3. The van der Waals surface area contributed by atoms with Crippen LogP contribution in [-0.4, -0.2) is 28.9 Å². The SMILES string of the molecule is NC(=O)[C@H](c1ccccc1)N1CCC[C@@H](c2nc3ccccc3o2)C1. The minimum atomic E-state index is -0.409. The fourth-order valence-electron chi connectivity index (χ4n) is 3.70. The van der Waals surface area contributed by atoms with Crippen molar-refractivity contribution in [1.82, 2.24) is 9.88 Å². The molecule has 128 valence electrons. The van der Waals surface area contributed by atoms with Crippen molar-refractivity contribution in [3.05, 3.63) is 66.1 Å². The lowest BCUT2D eigenvalue weighted by Crippen LogP contribution is -2.43. The van der Waals surface area contributed by atoms with E-state index in [1.807, 2.05) is 54.6 Å². The predicted octanol–water partition coefficient (Wildman–Crippen LogP) is 3.23. The molecule has 1 aliphatic heterocycles. The maximum Gasteiger partial charge on any atom is 0.239 e. The molecule has 2 atom stereocenters. The van der Waals surface area contributed by atoms with Gasteiger partial charge in [0.2, 0.25) is 5.91 Å². The second-order valence-electron chi connectivity index (χ2n) is 6.57. The van der Waals surface area contributed by atoms with E-state index in [2.05, 4.69) is 9.88 Å². The van der Waals surface area contributed by atoms with Gasteiger partial charge in [-0.15, -0.1) is 0 Å². The Morgan fingerprint density at radius 1 is 1.16 bits per heavy atom. The van der Waals surface area contributed by atoms with Gasteiger partial charge in [-0.2, -0.15) is 0 Å². The molecule has 2 N–H and O–H groups in total. The number of piperidine rings is 1. The first-order chi connectivity index (χ1) is 12.2. The van der Waals surface area contributed by atoms with Crippen LogP contribution in [0.4, 0.5) is 0 Å². The largest absolute Gasteiger partial charge is 0.440 e. The van der Waals surface area contributed by atoms with E-state index in [0.717, 1.165) is 48.5 Å². The van der Waals surface area contributed by atoms with Gasteiger partial charge < -0.3 is 10.2 Å². The summed E-state index contributed by atoms with van der Waals surface area (Å²) in [6.07, 6.45) is 1.99. The van der Waals surface area contributed by atoms with Gasteiger partial charge in [0.1, 0.15) is 11.6 Å². The molecule has 0 radical (unpaired) electrons. The monoisotopic (exact) mass is 335 g/mol. The summed E-state index contributed by atoms with van der Waals surface area (Å²) in [5.74, 6) is 0.610. The third kappa shape index (κ3) is 3.15. The molecule has 1 aliphatic rings. The van der Waals surface area contributed by atoms with Crippen LogP contribution in [0.3, 0.4) is 0 Å². The third-order valence-electron chi connectivity index (χ3n) is 4.86. The maximum atomic E-state index is 12.1. The Morgan fingerprint density at radius 3 is 2.68 bits per heavy atom. The number of hydrogen-bond acceptors (Lipinski definition) is 4. The molecule has 0 aliphatic carbocycles. The quantitative estimate of drug-likeness (QED) is 0.794. The molecule has 0 spiro atoms. The lowest BCUT2D eigenvalue weighted by atomic mass is 9.94. The number of oxazole rings is 1. The number of benzene rings is 2. The minimum absolute atomic E-state index is 0.173. The Morgan fingerprint density at radius 2 is 1.92 bits per heavy atom. The van der Waals surface area contributed by atoms with E-state index in [1.54, 1.807) is 0 Å². The fraction of sp³-hybridized carbons (Fsp3) is 0.300. The Bertz CT molecular complexity index is 842. The number of carbonyl (C=O) groups is 1. The lowest BCUT2D eigenvalue weighted by molar-refractivity contribution is -0.124. The van der Waals surface area contributed by atoms with Crippen molar-refractivity contribution < 1.29 is 9.21 Å². The normalized spacial score (nSPS) is 19.8. The van der Waals surface area contributed by atoms with Crippen LogP contribution >= 0.6 is 0 Å². The molecule has 25 heavy (non-hydrogen) atoms. The zero-order chi connectivity index (χ0) is 17.2. The number of fused-ring (bicyclic) bond motifs is 1. The van der Waals surface area contributed by atoms with E-state index in [4.69, 9.17) is 10.2 Å². The molecule has 1 fully saturated rings. The van der Waals surface area contributed by atoms with E-state index in [1.165, 1.54) is 0 Å². The second-order valence-corrected chi connectivity index (χ2v) is 6.57. The summed E-state index contributed by atoms with van der Waals surface area (Å²) in [6.45, 7) is 1.56. The average molecular weight is 335 g/mol. The van der Waals surface area contributed by atoms with E-state index >= 15 is 0 Å². The van der Waals surface area contributed by atoms with Crippen molar-refractivity contribution in [3.63, 3.8) is 0 Å². The van der Waals surface area contributed by atoms with Crippen LogP contribution in [0.15, 0.2) is 59.0 Å². The second kappa shape index (κ2) is 6.69. The van der Waals surface area contributed by atoms with Gasteiger partial charge >= 0.3 is 0 Å². The Balaban J connectivity index is 1.60. The molecule has 2 aromatic carbocycles. The van der Waals surface area contributed by atoms with Crippen molar-refractivity contribution in [2.75, 3.05) is 13.1 Å². The zero-order valence-corrected chi connectivity index (χ0v) is 14.0. The molecule has 4 rings (SSSR count). The number of rotatable bonds is 4. The molecule has 0 unspecified atom stereocenters. The van der Waals surface area contributed by atoms with Crippen LogP contribution < -0.4 is 5.73 Å². The number of aromatic nitrogens is 1. The Labute approximate surface area is 146 Å². The molecule has 1 saturated heterocycles. The van der Waals surface area contributed by atoms with Crippen LogP contribution in [0.2, 0.25) is 0 Å². The molecule has 1 amide bonds. The highest BCUT2D eigenvalue weighted by Crippen LogP contribution is 2.33. The van der Waals surface area contributed by atoms with Gasteiger partial charge in [0.15, 0.2) is 11.5 Å². The number of carbonyl (C=O) groups excluding carboxylic acids is 1. The number of amides is 1. The summed E-state index contributed by atoms with van der Waals surface area (Å²) >= 11 is 0. The minimum Gasteiger partial charge on any atom is -0.440 e. The van der Waals surface area contributed by atoms with E-state index in [-0.39, 0.29) is 11.8 Å². The van der Waals surface area contributed by atoms with Gasteiger partial charge in [-0.05, 0) is 37.1 Å². The van der Waals surface area contributed by atoms with Crippen molar-refractivity contribution in [3.8, 4) is 0 Å². The van der Waals surface area contributed by atoms with Crippen molar-refractivity contribution in [2.24, 2.45) is 5.73 Å². The molecule has 5 heteroatoms. The summed E-state index contributed by atoms with van der Waals surface area (Å²) in [5.41, 5.74) is 8.35. The highest BCUT2D eigenvalue weighted by molar-refractivity contribution is 5.81. The summed E-state index contributed by atoms with van der Waals surface area (Å²) in [5, 5.41) is 0. The first-order valence-electron chi connectivity index (χ1n) is 8.66. The average Bonchev–Trinajstić information content (AvgIpc) is 3.07. The van der Waals surface area contributed by atoms with E-state index in [9.17, 15) is 4.79 Å². The molecule has 5 nitrogen and oxygen atoms in total. The summed E-state index contributed by atoms with van der Waals surface area (Å²) in [4.78, 5) is 18.9. The van der Waals surface area contributed by atoms with Gasteiger partial charge in [0.05, 0.1) is 0 Å². The Hall–Kier alpha value is -2.66. The lowest BCUT2D eigenvalue weighted by Gasteiger charge is -2.36. The van der Waals surface area contributed by atoms with Crippen molar-refractivity contribution in [1.29, 1.82) is 0 Å². The topological polar surface area (TPSA) is 72.4 Å². The van der Waals surface area contributed by atoms with Crippen LogP contribution in [0, 0.1) is 0 Å². The van der Waals surface area contributed by atoms with Gasteiger partial charge in [-0.25, -0.2) is 4.98 Å². The summed E-state index contributed by atoms with van der Waals surface area (Å²) < 4.78 is 5.95. The number of likely N-dealkylation sites (tertiary alicyclic amines) is 1. The Kier molecular flexibility index (Phi) is 4.24. The van der Waals surface area contributed by atoms with Crippen LogP contribution in [-0.2, 0) is 4.79 Å². The number of para-hydroxylation sites is 2.